The average Bonchev–Trinajstić information content (AvgIpc) is 2.22. The molecule has 0 bridgehead atoms. The maximum absolute atomic E-state index is 2.63. The van der Waals surface area contributed by atoms with E-state index in [0.717, 1.165) is 5.92 Å². The lowest BCUT2D eigenvalue weighted by atomic mass is 9.96. The summed E-state index contributed by atoms with van der Waals surface area (Å²) in [6.07, 6.45) is 10.1. The lowest BCUT2D eigenvalue weighted by Gasteiger charge is -2.31. The van der Waals surface area contributed by atoms with Crippen LogP contribution >= 0.6 is 0 Å². The standard InChI is InChI=1S/C14H23N/c1-12-6-8-15(9-7-12)11-14-5-3-4-13(2)10-14/h4,10,12H,3,5-9,11H2,1-2H3. The lowest BCUT2D eigenvalue weighted by molar-refractivity contribution is 0.205. The molecule has 0 radical (unpaired) electrons. The Balaban J connectivity index is 1.84. The van der Waals surface area contributed by atoms with Crippen LogP contribution in [0.4, 0.5) is 0 Å². The van der Waals surface area contributed by atoms with Gasteiger partial charge in [0.15, 0.2) is 0 Å². The van der Waals surface area contributed by atoms with Crippen molar-refractivity contribution in [1.29, 1.82) is 0 Å². The Morgan fingerprint density at radius 3 is 2.73 bits per heavy atom. The van der Waals surface area contributed by atoms with E-state index in [-0.39, 0.29) is 0 Å². The van der Waals surface area contributed by atoms with Crippen LogP contribution in [0.25, 0.3) is 0 Å². The number of likely N-dealkylation sites (tertiary alicyclic amines) is 1. The molecule has 1 fully saturated rings. The highest BCUT2D eigenvalue weighted by Gasteiger charge is 2.16. The van der Waals surface area contributed by atoms with E-state index in [0.29, 0.717) is 0 Å². The Morgan fingerprint density at radius 1 is 1.33 bits per heavy atom. The summed E-state index contributed by atoms with van der Waals surface area (Å²) in [7, 11) is 0. The van der Waals surface area contributed by atoms with Crippen LogP contribution < -0.4 is 0 Å². The predicted molar refractivity (Wildman–Crippen MR) is 65.9 cm³/mol. The Labute approximate surface area is 93.9 Å². The molecule has 1 aliphatic heterocycles. The first kappa shape index (κ1) is 10.9. The molecule has 0 unspecified atom stereocenters. The molecular weight excluding hydrogens is 182 g/mol. The van der Waals surface area contributed by atoms with Gasteiger partial charge in [0.2, 0.25) is 0 Å². The van der Waals surface area contributed by atoms with Gasteiger partial charge >= 0.3 is 0 Å². The van der Waals surface area contributed by atoms with Gasteiger partial charge in [-0.25, -0.2) is 0 Å². The van der Waals surface area contributed by atoms with Crippen molar-refractivity contribution in [3.63, 3.8) is 0 Å². The number of piperidine rings is 1. The van der Waals surface area contributed by atoms with Gasteiger partial charge in [-0.05, 0) is 51.6 Å². The maximum Gasteiger partial charge on any atom is 0.0196 e. The molecule has 0 spiro atoms. The minimum Gasteiger partial charge on any atom is -0.299 e. The van der Waals surface area contributed by atoms with Crippen molar-refractivity contribution < 1.29 is 0 Å². The Bertz CT molecular complexity index is 267. The molecule has 2 rings (SSSR count). The van der Waals surface area contributed by atoms with Crippen molar-refractivity contribution in [1.82, 2.24) is 4.90 Å². The van der Waals surface area contributed by atoms with Crippen LogP contribution in [0.2, 0.25) is 0 Å². The second kappa shape index (κ2) is 4.98. The van der Waals surface area contributed by atoms with Gasteiger partial charge in [-0.15, -0.1) is 0 Å². The van der Waals surface area contributed by atoms with Crippen molar-refractivity contribution in [2.75, 3.05) is 19.6 Å². The molecule has 0 aromatic rings. The van der Waals surface area contributed by atoms with Crippen LogP contribution in [-0.4, -0.2) is 24.5 Å². The summed E-state index contributed by atoms with van der Waals surface area (Å²) >= 11 is 0. The molecule has 84 valence electrons. The number of nitrogens with zero attached hydrogens (tertiary/aromatic N) is 1. The van der Waals surface area contributed by atoms with Crippen LogP contribution in [0.15, 0.2) is 23.3 Å². The maximum atomic E-state index is 2.63. The van der Waals surface area contributed by atoms with Gasteiger partial charge in [-0.3, -0.25) is 4.90 Å². The first-order valence-electron chi connectivity index (χ1n) is 6.32. The van der Waals surface area contributed by atoms with Crippen molar-refractivity contribution in [3.05, 3.63) is 23.3 Å². The van der Waals surface area contributed by atoms with Gasteiger partial charge in [0.1, 0.15) is 0 Å². The van der Waals surface area contributed by atoms with E-state index in [9.17, 15) is 0 Å². The minimum absolute atomic E-state index is 0.947. The summed E-state index contributed by atoms with van der Waals surface area (Å²) in [6.45, 7) is 8.43. The van der Waals surface area contributed by atoms with Crippen molar-refractivity contribution in [2.24, 2.45) is 5.92 Å². The van der Waals surface area contributed by atoms with E-state index in [4.69, 9.17) is 0 Å². The highest BCUT2D eigenvalue weighted by atomic mass is 15.1. The average molecular weight is 205 g/mol. The third-order valence-corrected chi connectivity index (χ3v) is 3.67. The molecule has 0 atom stereocenters. The molecule has 2 aliphatic rings. The zero-order valence-electron chi connectivity index (χ0n) is 10.1. The molecule has 0 amide bonds. The number of rotatable bonds is 2. The fourth-order valence-electron chi connectivity index (χ4n) is 2.57. The normalized spacial score (nSPS) is 24.9. The molecule has 0 saturated carbocycles. The molecule has 0 N–H and O–H groups in total. The first-order chi connectivity index (χ1) is 7.24. The summed E-state index contributed by atoms with van der Waals surface area (Å²) in [4.78, 5) is 2.63. The van der Waals surface area contributed by atoms with E-state index in [1.54, 1.807) is 5.57 Å². The van der Waals surface area contributed by atoms with E-state index in [1.807, 2.05) is 0 Å². The summed E-state index contributed by atoms with van der Waals surface area (Å²) in [5.41, 5.74) is 3.10. The van der Waals surface area contributed by atoms with Gasteiger partial charge in [0, 0.05) is 6.54 Å². The van der Waals surface area contributed by atoms with E-state index in [1.165, 1.54) is 50.9 Å². The SMILES string of the molecule is CC1=CCCC(CN2CCC(C)CC2)=C1. The number of allylic oxidation sites excluding steroid dienone is 3. The zero-order valence-corrected chi connectivity index (χ0v) is 10.1. The van der Waals surface area contributed by atoms with Gasteiger partial charge in [-0.2, -0.15) is 0 Å². The number of hydrogen-bond acceptors (Lipinski definition) is 1. The van der Waals surface area contributed by atoms with Gasteiger partial charge in [0.05, 0.1) is 0 Å². The van der Waals surface area contributed by atoms with Crippen molar-refractivity contribution >= 4 is 0 Å². The molecule has 1 heterocycles. The third-order valence-electron chi connectivity index (χ3n) is 3.67. The van der Waals surface area contributed by atoms with Gasteiger partial charge in [-0.1, -0.05) is 30.2 Å². The quantitative estimate of drug-likeness (QED) is 0.668. The highest BCUT2D eigenvalue weighted by Crippen LogP contribution is 2.21. The zero-order chi connectivity index (χ0) is 10.7. The third kappa shape index (κ3) is 3.20. The Morgan fingerprint density at radius 2 is 2.07 bits per heavy atom. The summed E-state index contributed by atoms with van der Waals surface area (Å²) in [6, 6.07) is 0. The fraction of sp³-hybridized carbons (Fsp3) is 0.714. The van der Waals surface area contributed by atoms with E-state index >= 15 is 0 Å². The summed E-state index contributed by atoms with van der Waals surface area (Å²) < 4.78 is 0. The molecule has 15 heavy (non-hydrogen) atoms. The Kier molecular flexibility index (Phi) is 3.63. The molecule has 1 heteroatoms. The van der Waals surface area contributed by atoms with E-state index < -0.39 is 0 Å². The van der Waals surface area contributed by atoms with Crippen LogP contribution in [0.1, 0.15) is 39.5 Å². The number of hydrogen-bond donors (Lipinski definition) is 0. The molecule has 0 aromatic carbocycles. The second-order valence-electron chi connectivity index (χ2n) is 5.25. The smallest absolute Gasteiger partial charge is 0.0196 e. The highest BCUT2D eigenvalue weighted by molar-refractivity contribution is 5.26. The Hall–Kier alpha value is -0.560. The van der Waals surface area contributed by atoms with Gasteiger partial charge in [0.25, 0.3) is 0 Å². The monoisotopic (exact) mass is 205 g/mol. The minimum atomic E-state index is 0.947. The van der Waals surface area contributed by atoms with Crippen LogP contribution in [0, 0.1) is 5.92 Å². The molecule has 1 nitrogen and oxygen atoms in total. The largest absolute Gasteiger partial charge is 0.299 e. The summed E-state index contributed by atoms with van der Waals surface area (Å²) in [5, 5.41) is 0. The topological polar surface area (TPSA) is 3.24 Å². The molecule has 1 saturated heterocycles. The fourth-order valence-corrected chi connectivity index (χ4v) is 2.57. The van der Waals surface area contributed by atoms with Crippen molar-refractivity contribution in [2.45, 2.75) is 39.5 Å². The van der Waals surface area contributed by atoms with Crippen LogP contribution in [-0.2, 0) is 0 Å². The molecular formula is C14H23N. The van der Waals surface area contributed by atoms with Gasteiger partial charge < -0.3 is 0 Å². The lowest BCUT2D eigenvalue weighted by Crippen LogP contribution is -2.34. The first-order valence-corrected chi connectivity index (χ1v) is 6.32. The predicted octanol–water partition coefficient (Wildman–Crippen LogP) is 3.38. The summed E-state index contributed by atoms with van der Waals surface area (Å²) in [5.74, 6) is 0.947. The second-order valence-corrected chi connectivity index (χ2v) is 5.25. The van der Waals surface area contributed by atoms with Crippen LogP contribution in [0.5, 0.6) is 0 Å². The molecule has 1 aliphatic carbocycles. The molecule has 0 aromatic heterocycles. The van der Waals surface area contributed by atoms with E-state index in [2.05, 4.69) is 30.9 Å². The van der Waals surface area contributed by atoms with Crippen LogP contribution in [0.3, 0.4) is 0 Å². The van der Waals surface area contributed by atoms with Crippen molar-refractivity contribution in [3.8, 4) is 0 Å².